The zero-order chi connectivity index (χ0) is 13.7. The Morgan fingerprint density at radius 2 is 1.24 bits per heavy atom. The Morgan fingerprint density at radius 3 is 1.59 bits per heavy atom. The van der Waals surface area contributed by atoms with Crippen molar-refractivity contribution in [3.05, 3.63) is 0 Å². The van der Waals surface area contributed by atoms with E-state index in [9.17, 15) is 0 Å². The van der Waals surface area contributed by atoms with E-state index in [0.717, 1.165) is 11.8 Å². The molecule has 1 saturated carbocycles. The predicted molar refractivity (Wildman–Crippen MR) is 80.3 cm³/mol. The van der Waals surface area contributed by atoms with Crippen molar-refractivity contribution < 1.29 is 0 Å². The Kier molecular flexibility index (Phi) is 6.81. The first kappa shape index (κ1) is 17.0. The summed E-state index contributed by atoms with van der Waals surface area (Å²) in [4.78, 5) is 0. The van der Waals surface area contributed by atoms with Crippen LogP contribution >= 0.6 is 0 Å². The van der Waals surface area contributed by atoms with Crippen molar-refractivity contribution in [2.45, 2.75) is 87.5 Å². The van der Waals surface area contributed by atoms with Crippen molar-refractivity contribution in [2.24, 2.45) is 22.7 Å². The molecular formula is C17H36. The maximum atomic E-state index is 2.50. The molecule has 0 nitrogen and oxygen atoms in total. The van der Waals surface area contributed by atoms with E-state index in [1.807, 2.05) is 13.8 Å². The first-order chi connectivity index (χ1) is 7.80. The summed E-state index contributed by atoms with van der Waals surface area (Å²) in [6.07, 6.45) is 7.31. The van der Waals surface area contributed by atoms with E-state index in [1.165, 1.54) is 32.1 Å². The van der Waals surface area contributed by atoms with Crippen molar-refractivity contribution in [1.29, 1.82) is 0 Å². The van der Waals surface area contributed by atoms with Gasteiger partial charge in [0.25, 0.3) is 0 Å². The normalized spacial score (nSPS) is 18.9. The SMILES string of the molecule is CC.CC(C)C(C)(C)C(C)(C)C1CCCCC1. The molecule has 0 aromatic heterocycles. The standard InChI is InChI=1S/C15H30.C2H6/c1-12(2)14(3,4)15(5,6)13-10-8-7-9-11-13;1-2/h12-13H,7-11H2,1-6H3;1-2H3. The maximum Gasteiger partial charge on any atom is -0.0272 e. The van der Waals surface area contributed by atoms with Crippen LogP contribution in [0.4, 0.5) is 0 Å². The van der Waals surface area contributed by atoms with Gasteiger partial charge in [-0.05, 0) is 35.5 Å². The van der Waals surface area contributed by atoms with Crippen molar-refractivity contribution in [1.82, 2.24) is 0 Å². The van der Waals surface area contributed by atoms with Gasteiger partial charge in [0.15, 0.2) is 0 Å². The zero-order valence-electron chi connectivity index (χ0n) is 13.7. The van der Waals surface area contributed by atoms with Gasteiger partial charge in [-0.15, -0.1) is 0 Å². The van der Waals surface area contributed by atoms with Gasteiger partial charge in [0.1, 0.15) is 0 Å². The van der Waals surface area contributed by atoms with Crippen LogP contribution in [0.1, 0.15) is 87.5 Å². The Balaban J connectivity index is 0.00000121. The molecule has 0 radical (unpaired) electrons. The molecule has 1 aliphatic rings. The van der Waals surface area contributed by atoms with E-state index in [-0.39, 0.29) is 0 Å². The third-order valence-electron chi connectivity index (χ3n) is 5.73. The summed E-state index contributed by atoms with van der Waals surface area (Å²) in [5.74, 6) is 1.72. The fourth-order valence-corrected chi connectivity index (χ4v) is 3.09. The molecule has 0 aromatic rings. The number of hydrogen-bond acceptors (Lipinski definition) is 0. The van der Waals surface area contributed by atoms with Crippen LogP contribution in [-0.4, -0.2) is 0 Å². The van der Waals surface area contributed by atoms with Crippen molar-refractivity contribution in [3.63, 3.8) is 0 Å². The summed E-state index contributed by atoms with van der Waals surface area (Å²) in [6, 6.07) is 0. The van der Waals surface area contributed by atoms with Crippen LogP contribution in [0.2, 0.25) is 0 Å². The van der Waals surface area contributed by atoms with Gasteiger partial charge < -0.3 is 0 Å². The molecule has 0 heteroatoms. The topological polar surface area (TPSA) is 0 Å². The molecule has 0 saturated heterocycles. The number of rotatable bonds is 3. The molecule has 0 N–H and O–H groups in total. The lowest BCUT2D eigenvalue weighted by Gasteiger charge is -2.51. The number of hydrogen-bond donors (Lipinski definition) is 0. The van der Waals surface area contributed by atoms with Crippen LogP contribution in [0.5, 0.6) is 0 Å². The fourth-order valence-electron chi connectivity index (χ4n) is 3.09. The predicted octanol–water partition coefficient (Wildman–Crippen LogP) is 6.30. The monoisotopic (exact) mass is 240 g/mol. The van der Waals surface area contributed by atoms with Crippen LogP contribution in [0, 0.1) is 22.7 Å². The molecule has 0 heterocycles. The quantitative estimate of drug-likeness (QED) is 0.543. The summed E-state index contributed by atoms with van der Waals surface area (Å²) in [6.45, 7) is 18.7. The lowest BCUT2D eigenvalue weighted by molar-refractivity contribution is -0.0150. The van der Waals surface area contributed by atoms with Gasteiger partial charge >= 0.3 is 0 Å². The highest BCUT2D eigenvalue weighted by Gasteiger charge is 2.44. The fraction of sp³-hybridized carbons (Fsp3) is 1.00. The van der Waals surface area contributed by atoms with Crippen LogP contribution in [0.15, 0.2) is 0 Å². The molecule has 104 valence electrons. The summed E-state index contributed by atoms with van der Waals surface area (Å²) in [7, 11) is 0. The van der Waals surface area contributed by atoms with Crippen LogP contribution < -0.4 is 0 Å². The second kappa shape index (κ2) is 6.81. The van der Waals surface area contributed by atoms with Crippen molar-refractivity contribution >= 4 is 0 Å². The maximum absolute atomic E-state index is 2.50. The first-order valence-electron chi connectivity index (χ1n) is 7.80. The molecule has 0 unspecified atom stereocenters. The molecular weight excluding hydrogens is 204 g/mol. The smallest absolute Gasteiger partial charge is 0.0272 e. The summed E-state index contributed by atoms with van der Waals surface area (Å²) in [5, 5.41) is 0. The summed E-state index contributed by atoms with van der Waals surface area (Å²) < 4.78 is 0. The molecule has 0 amide bonds. The second-order valence-electron chi connectivity index (χ2n) is 6.93. The Hall–Kier alpha value is 0. The minimum atomic E-state index is 0.453. The van der Waals surface area contributed by atoms with Crippen molar-refractivity contribution in [2.75, 3.05) is 0 Å². The van der Waals surface area contributed by atoms with Gasteiger partial charge in [0, 0.05) is 0 Å². The Morgan fingerprint density at radius 1 is 0.824 bits per heavy atom. The highest BCUT2D eigenvalue weighted by Crippen LogP contribution is 2.52. The van der Waals surface area contributed by atoms with Gasteiger partial charge in [-0.1, -0.05) is 74.7 Å². The van der Waals surface area contributed by atoms with Crippen LogP contribution in [-0.2, 0) is 0 Å². The second-order valence-corrected chi connectivity index (χ2v) is 6.93. The Labute approximate surface area is 111 Å². The summed E-state index contributed by atoms with van der Waals surface area (Å²) in [5.41, 5.74) is 0.941. The van der Waals surface area contributed by atoms with Crippen LogP contribution in [0.3, 0.4) is 0 Å². The minimum Gasteiger partial charge on any atom is -0.0683 e. The van der Waals surface area contributed by atoms with Crippen LogP contribution in [0.25, 0.3) is 0 Å². The van der Waals surface area contributed by atoms with Gasteiger partial charge in [0.2, 0.25) is 0 Å². The Bertz CT molecular complexity index is 192. The molecule has 1 aliphatic carbocycles. The highest BCUT2D eigenvalue weighted by molar-refractivity contribution is 4.93. The highest BCUT2D eigenvalue weighted by atomic mass is 14.5. The van der Waals surface area contributed by atoms with E-state index >= 15 is 0 Å². The summed E-state index contributed by atoms with van der Waals surface area (Å²) >= 11 is 0. The molecule has 17 heavy (non-hydrogen) atoms. The van der Waals surface area contributed by atoms with Gasteiger partial charge in [-0.2, -0.15) is 0 Å². The van der Waals surface area contributed by atoms with E-state index in [2.05, 4.69) is 41.5 Å². The van der Waals surface area contributed by atoms with Gasteiger partial charge in [-0.3, -0.25) is 0 Å². The molecule has 0 spiro atoms. The van der Waals surface area contributed by atoms with Crippen molar-refractivity contribution in [3.8, 4) is 0 Å². The lowest BCUT2D eigenvalue weighted by Crippen LogP contribution is -2.43. The third kappa shape index (κ3) is 3.73. The average Bonchev–Trinajstić information content (AvgIpc) is 2.32. The molecule has 1 fully saturated rings. The zero-order valence-corrected chi connectivity index (χ0v) is 13.7. The van der Waals surface area contributed by atoms with E-state index in [4.69, 9.17) is 0 Å². The van der Waals surface area contributed by atoms with E-state index in [1.54, 1.807) is 0 Å². The lowest BCUT2D eigenvalue weighted by atomic mass is 9.54. The first-order valence-corrected chi connectivity index (χ1v) is 7.80. The minimum absolute atomic E-state index is 0.453. The molecule has 0 bridgehead atoms. The molecule has 0 aromatic carbocycles. The largest absolute Gasteiger partial charge is 0.0683 e. The molecule has 0 atom stereocenters. The molecule has 0 aliphatic heterocycles. The third-order valence-corrected chi connectivity index (χ3v) is 5.73. The average molecular weight is 240 g/mol. The van der Waals surface area contributed by atoms with Gasteiger partial charge in [0.05, 0.1) is 0 Å². The van der Waals surface area contributed by atoms with E-state index < -0.39 is 0 Å². The van der Waals surface area contributed by atoms with E-state index in [0.29, 0.717) is 10.8 Å². The molecule has 1 rings (SSSR count). The van der Waals surface area contributed by atoms with Gasteiger partial charge in [-0.25, -0.2) is 0 Å².